The summed E-state index contributed by atoms with van der Waals surface area (Å²) in [6, 6.07) is 22.5. The van der Waals surface area contributed by atoms with Crippen LogP contribution in [0.3, 0.4) is 0 Å². The van der Waals surface area contributed by atoms with Crippen molar-refractivity contribution in [2.24, 2.45) is 0 Å². The third kappa shape index (κ3) is 4.61. The van der Waals surface area contributed by atoms with Crippen LogP contribution in [0.1, 0.15) is 16.7 Å². The highest BCUT2D eigenvalue weighted by Crippen LogP contribution is 2.15. The van der Waals surface area contributed by atoms with E-state index in [-0.39, 0.29) is 11.5 Å². The quantitative estimate of drug-likeness (QED) is 0.651. The summed E-state index contributed by atoms with van der Waals surface area (Å²) < 4.78 is 1.39. The van der Waals surface area contributed by atoms with Crippen molar-refractivity contribution in [3.8, 4) is 0 Å². The van der Waals surface area contributed by atoms with Gasteiger partial charge in [-0.3, -0.25) is 14.2 Å². The van der Waals surface area contributed by atoms with E-state index < -0.39 is 0 Å². The maximum absolute atomic E-state index is 13.2. The minimum Gasteiger partial charge on any atom is -0.336 e. The average molecular weight is 358 g/mol. The van der Waals surface area contributed by atoms with E-state index in [9.17, 15) is 9.59 Å². The predicted octanol–water partition coefficient (Wildman–Crippen LogP) is 3.81. The molecular weight excluding hydrogens is 336 g/mol. The number of aromatic nitrogens is 1. The largest absolute Gasteiger partial charge is 0.336 e. The lowest BCUT2D eigenvalue weighted by Crippen LogP contribution is -2.32. The van der Waals surface area contributed by atoms with Crippen molar-refractivity contribution in [1.82, 2.24) is 9.47 Å². The number of nitrogens with zero attached hydrogens (tertiary/aromatic N) is 2. The second-order valence-electron chi connectivity index (χ2n) is 6.50. The average Bonchev–Trinajstić information content (AvgIpc) is 2.68. The number of carbonyl (C=O) groups excluding carboxylic acids is 1. The first-order chi connectivity index (χ1) is 13.0. The molecule has 0 fully saturated rings. The molecule has 27 heavy (non-hydrogen) atoms. The molecule has 3 rings (SSSR count). The summed E-state index contributed by atoms with van der Waals surface area (Å²) in [7, 11) is 1.74. The van der Waals surface area contributed by atoms with E-state index in [1.165, 1.54) is 10.6 Å². The number of amides is 1. The molecule has 0 aliphatic rings. The fourth-order valence-electron chi connectivity index (χ4n) is 2.81. The van der Waals surface area contributed by atoms with Crippen LogP contribution in [0.5, 0.6) is 0 Å². The Balaban J connectivity index is 1.98. The summed E-state index contributed by atoms with van der Waals surface area (Å²) >= 11 is 0. The molecule has 0 aliphatic carbocycles. The minimum absolute atomic E-state index is 0.215. The van der Waals surface area contributed by atoms with Gasteiger partial charge < -0.3 is 4.90 Å². The Hall–Kier alpha value is -3.40. The molecule has 0 N–H and O–H groups in total. The van der Waals surface area contributed by atoms with Gasteiger partial charge in [0, 0.05) is 25.9 Å². The van der Waals surface area contributed by atoms with E-state index in [1.807, 2.05) is 61.5 Å². The van der Waals surface area contributed by atoms with E-state index in [0.29, 0.717) is 12.2 Å². The van der Waals surface area contributed by atoms with Crippen molar-refractivity contribution in [1.29, 1.82) is 0 Å². The van der Waals surface area contributed by atoms with Crippen LogP contribution in [0.15, 0.2) is 83.8 Å². The molecule has 0 saturated carbocycles. The highest BCUT2D eigenvalue weighted by Gasteiger charge is 2.18. The number of pyridine rings is 1. The van der Waals surface area contributed by atoms with Gasteiger partial charge in [0.2, 0.25) is 0 Å². The number of carbonyl (C=O) groups is 1. The third-order valence-corrected chi connectivity index (χ3v) is 4.29. The van der Waals surface area contributed by atoms with Crippen LogP contribution in [-0.4, -0.2) is 22.4 Å². The normalized spacial score (nSPS) is 11.3. The van der Waals surface area contributed by atoms with E-state index in [4.69, 9.17) is 0 Å². The Kier molecular flexibility index (Phi) is 5.67. The van der Waals surface area contributed by atoms with Crippen molar-refractivity contribution in [2.75, 3.05) is 7.05 Å². The summed E-state index contributed by atoms with van der Waals surface area (Å²) in [4.78, 5) is 27.1. The minimum atomic E-state index is -0.239. The predicted molar refractivity (Wildman–Crippen MR) is 109 cm³/mol. The van der Waals surface area contributed by atoms with E-state index in [0.717, 1.165) is 16.7 Å². The fraction of sp³-hybridized carbons (Fsp3) is 0.130. The van der Waals surface area contributed by atoms with Crippen LogP contribution in [0.25, 0.3) is 11.8 Å². The maximum Gasteiger partial charge on any atom is 0.270 e. The molecule has 0 aliphatic heterocycles. The first kappa shape index (κ1) is 18.4. The zero-order valence-corrected chi connectivity index (χ0v) is 15.5. The van der Waals surface area contributed by atoms with Gasteiger partial charge in [-0.05, 0) is 30.2 Å². The number of benzene rings is 2. The number of rotatable bonds is 5. The van der Waals surface area contributed by atoms with Crippen LogP contribution < -0.4 is 5.56 Å². The third-order valence-electron chi connectivity index (χ3n) is 4.29. The molecule has 3 aromatic rings. The molecule has 2 aromatic carbocycles. The molecule has 4 heteroatoms. The SMILES string of the molecule is Cc1ccc(C=C(C(=O)N(C)Cc2ccccc2)n2ccccc2=O)cc1. The first-order valence-electron chi connectivity index (χ1n) is 8.80. The van der Waals surface area contributed by atoms with Crippen LogP contribution >= 0.6 is 0 Å². The molecule has 1 amide bonds. The molecule has 0 spiro atoms. The first-order valence-corrected chi connectivity index (χ1v) is 8.80. The molecule has 1 heterocycles. The summed E-state index contributed by atoms with van der Waals surface area (Å²) in [6.45, 7) is 2.47. The van der Waals surface area contributed by atoms with Gasteiger partial charge in [0.1, 0.15) is 5.70 Å². The van der Waals surface area contributed by atoms with E-state index >= 15 is 0 Å². The van der Waals surface area contributed by atoms with Crippen molar-refractivity contribution >= 4 is 17.7 Å². The summed E-state index contributed by atoms with van der Waals surface area (Å²) in [5.41, 5.74) is 3.12. The summed E-state index contributed by atoms with van der Waals surface area (Å²) in [5, 5.41) is 0. The maximum atomic E-state index is 13.2. The van der Waals surface area contributed by atoms with Gasteiger partial charge in [-0.25, -0.2) is 0 Å². The van der Waals surface area contributed by atoms with Gasteiger partial charge in [0.05, 0.1) is 0 Å². The summed E-state index contributed by atoms with van der Waals surface area (Å²) in [5.74, 6) is -0.215. The Morgan fingerprint density at radius 3 is 2.30 bits per heavy atom. The molecule has 0 saturated heterocycles. The zero-order chi connectivity index (χ0) is 19.2. The zero-order valence-electron chi connectivity index (χ0n) is 15.5. The number of hydrogen-bond acceptors (Lipinski definition) is 2. The smallest absolute Gasteiger partial charge is 0.270 e. The second-order valence-corrected chi connectivity index (χ2v) is 6.50. The summed E-state index contributed by atoms with van der Waals surface area (Å²) in [6.07, 6.45) is 3.38. The fourth-order valence-corrected chi connectivity index (χ4v) is 2.81. The lowest BCUT2D eigenvalue weighted by Gasteiger charge is -2.20. The van der Waals surface area contributed by atoms with Crippen molar-refractivity contribution in [3.63, 3.8) is 0 Å². The van der Waals surface area contributed by atoms with Crippen LogP contribution in [0.4, 0.5) is 0 Å². The Labute approximate surface area is 159 Å². The highest BCUT2D eigenvalue weighted by atomic mass is 16.2. The molecule has 0 bridgehead atoms. The number of aryl methyl sites for hydroxylation is 1. The van der Waals surface area contributed by atoms with Gasteiger partial charge in [-0.2, -0.15) is 0 Å². The monoisotopic (exact) mass is 358 g/mol. The standard InChI is InChI=1S/C23H22N2O2/c1-18-11-13-19(14-12-18)16-21(25-15-7-6-10-22(25)26)23(27)24(2)17-20-8-4-3-5-9-20/h3-16H,17H2,1-2H3. The molecule has 4 nitrogen and oxygen atoms in total. The lowest BCUT2D eigenvalue weighted by molar-refractivity contribution is -0.124. The van der Waals surface area contributed by atoms with Crippen LogP contribution in [-0.2, 0) is 11.3 Å². The number of hydrogen-bond donors (Lipinski definition) is 0. The van der Waals surface area contributed by atoms with Crippen LogP contribution in [0, 0.1) is 6.92 Å². The molecule has 136 valence electrons. The van der Waals surface area contributed by atoms with Crippen molar-refractivity contribution < 1.29 is 4.79 Å². The van der Waals surface area contributed by atoms with Crippen LogP contribution in [0.2, 0.25) is 0 Å². The molecular formula is C23H22N2O2. The topological polar surface area (TPSA) is 42.3 Å². The number of likely N-dealkylation sites (N-methyl/N-ethyl adjacent to an activating group) is 1. The van der Waals surface area contributed by atoms with Gasteiger partial charge in [0.25, 0.3) is 11.5 Å². The van der Waals surface area contributed by atoms with Gasteiger partial charge in [-0.15, -0.1) is 0 Å². The second kappa shape index (κ2) is 8.32. The molecule has 0 atom stereocenters. The Bertz CT molecular complexity index is 1000. The van der Waals surface area contributed by atoms with E-state index in [1.54, 1.807) is 36.4 Å². The van der Waals surface area contributed by atoms with Gasteiger partial charge >= 0.3 is 0 Å². The molecule has 0 radical (unpaired) electrons. The highest BCUT2D eigenvalue weighted by molar-refractivity contribution is 6.18. The Morgan fingerprint density at radius 2 is 1.63 bits per heavy atom. The van der Waals surface area contributed by atoms with Crippen molar-refractivity contribution in [2.45, 2.75) is 13.5 Å². The van der Waals surface area contributed by atoms with Gasteiger partial charge in [0.15, 0.2) is 0 Å². The lowest BCUT2D eigenvalue weighted by atomic mass is 10.1. The Morgan fingerprint density at radius 1 is 0.963 bits per heavy atom. The van der Waals surface area contributed by atoms with Gasteiger partial charge in [-0.1, -0.05) is 66.2 Å². The molecule has 1 aromatic heterocycles. The molecule has 0 unspecified atom stereocenters. The van der Waals surface area contributed by atoms with Crippen molar-refractivity contribution in [3.05, 3.63) is 106 Å². The van der Waals surface area contributed by atoms with E-state index in [2.05, 4.69) is 0 Å².